The highest BCUT2D eigenvalue weighted by atomic mass is 35.7. The quantitative estimate of drug-likeness (QED) is 0.457. The van der Waals surface area contributed by atoms with Gasteiger partial charge in [-0.2, -0.15) is 0 Å². The van der Waals surface area contributed by atoms with Crippen LogP contribution in [0.2, 0.25) is 0 Å². The fourth-order valence-corrected chi connectivity index (χ4v) is 3.58. The second kappa shape index (κ2) is 8.29. The van der Waals surface area contributed by atoms with Gasteiger partial charge in [-0.05, 0) is 19.3 Å². The maximum absolute atomic E-state index is 11.2. The highest BCUT2D eigenvalue weighted by Gasteiger charge is 2.31. The van der Waals surface area contributed by atoms with Crippen LogP contribution in [0.4, 0.5) is 0 Å². The molecule has 0 heterocycles. The smallest absolute Gasteiger partial charge is 0.233 e. The molecule has 0 aliphatic heterocycles. The predicted octanol–water partition coefficient (Wildman–Crippen LogP) is 2.41. The van der Waals surface area contributed by atoms with Crippen LogP contribution in [0.25, 0.3) is 0 Å². The Balaban J connectivity index is 4.22. The van der Waals surface area contributed by atoms with Crippen molar-refractivity contribution in [2.75, 3.05) is 32.7 Å². The summed E-state index contributed by atoms with van der Waals surface area (Å²) in [6.07, 6.45) is 2.28. The van der Waals surface area contributed by atoms with Crippen LogP contribution >= 0.6 is 10.7 Å². The average molecular weight is 287 g/mol. The number of ether oxygens (including phenoxy) is 2. The van der Waals surface area contributed by atoms with Crippen LogP contribution < -0.4 is 0 Å². The first-order valence-corrected chi connectivity index (χ1v) is 8.36. The van der Waals surface area contributed by atoms with Crippen LogP contribution in [0.5, 0.6) is 0 Å². The normalized spacial score (nSPS) is 12.9. The van der Waals surface area contributed by atoms with Gasteiger partial charge in [0.15, 0.2) is 0 Å². The van der Waals surface area contributed by atoms with Crippen LogP contribution in [-0.2, 0) is 18.5 Å². The zero-order chi connectivity index (χ0) is 13.4. The van der Waals surface area contributed by atoms with Crippen molar-refractivity contribution in [3.8, 4) is 0 Å². The molecule has 0 rings (SSSR count). The molecule has 0 N–H and O–H groups in total. The molecule has 17 heavy (non-hydrogen) atoms. The molecule has 0 aliphatic rings. The maximum Gasteiger partial charge on any atom is 0.233 e. The van der Waals surface area contributed by atoms with E-state index in [1.54, 1.807) is 7.11 Å². The van der Waals surface area contributed by atoms with Gasteiger partial charge < -0.3 is 9.47 Å². The average Bonchev–Trinajstić information content (AvgIpc) is 2.25. The predicted molar refractivity (Wildman–Crippen MR) is 70.0 cm³/mol. The lowest BCUT2D eigenvalue weighted by Crippen LogP contribution is -2.32. The van der Waals surface area contributed by atoms with E-state index in [-0.39, 0.29) is 11.2 Å². The summed E-state index contributed by atoms with van der Waals surface area (Å²) in [5.74, 6) is -0.0289. The molecule has 0 spiro atoms. The zero-order valence-corrected chi connectivity index (χ0v) is 12.4. The van der Waals surface area contributed by atoms with Crippen LogP contribution in [-0.4, -0.2) is 41.1 Å². The summed E-state index contributed by atoms with van der Waals surface area (Å²) in [4.78, 5) is 0. The van der Waals surface area contributed by atoms with Gasteiger partial charge in [0, 0.05) is 36.4 Å². The van der Waals surface area contributed by atoms with Crippen molar-refractivity contribution in [2.45, 2.75) is 33.1 Å². The molecule has 0 radical (unpaired) electrons. The molecule has 0 unspecified atom stereocenters. The molecule has 0 aliphatic carbocycles. The first kappa shape index (κ1) is 17.2. The Morgan fingerprint density at radius 1 is 1.18 bits per heavy atom. The van der Waals surface area contributed by atoms with Gasteiger partial charge >= 0.3 is 0 Å². The van der Waals surface area contributed by atoms with Crippen molar-refractivity contribution in [2.24, 2.45) is 5.41 Å². The topological polar surface area (TPSA) is 52.6 Å². The minimum absolute atomic E-state index is 0.0289. The summed E-state index contributed by atoms with van der Waals surface area (Å²) in [7, 11) is 3.49. The first-order valence-electron chi connectivity index (χ1n) is 5.88. The van der Waals surface area contributed by atoms with E-state index in [4.69, 9.17) is 20.2 Å². The number of methoxy groups -OCH3 is 1. The van der Waals surface area contributed by atoms with E-state index in [2.05, 4.69) is 0 Å². The third kappa shape index (κ3) is 7.97. The van der Waals surface area contributed by atoms with Crippen molar-refractivity contribution < 1.29 is 17.9 Å². The monoisotopic (exact) mass is 286 g/mol. The van der Waals surface area contributed by atoms with E-state index in [1.807, 2.05) is 13.8 Å². The molecule has 4 nitrogen and oxygen atoms in total. The van der Waals surface area contributed by atoms with E-state index >= 15 is 0 Å². The number of hydrogen-bond acceptors (Lipinski definition) is 4. The van der Waals surface area contributed by atoms with E-state index in [1.165, 1.54) is 0 Å². The maximum atomic E-state index is 11.2. The summed E-state index contributed by atoms with van der Waals surface area (Å²) in [6.45, 7) is 5.58. The molecule has 0 aromatic heterocycles. The molecular weight excluding hydrogens is 264 g/mol. The van der Waals surface area contributed by atoms with Crippen LogP contribution in [0.1, 0.15) is 33.1 Å². The fourth-order valence-electron chi connectivity index (χ4n) is 1.66. The lowest BCUT2D eigenvalue weighted by Gasteiger charge is -2.29. The van der Waals surface area contributed by atoms with Gasteiger partial charge in [0.05, 0.1) is 12.4 Å². The summed E-state index contributed by atoms with van der Waals surface area (Å²) >= 11 is 0. The molecule has 0 saturated carbocycles. The molecule has 0 aromatic rings. The number of hydrogen-bond donors (Lipinski definition) is 0. The van der Waals surface area contributed by atoms with E-state index < -0.39 is 9.05 Å². The standard InChI is InChI=1S/C11H23ClO4S/c1-4-11(5-2,10-17(12,13)14)9-16-8-6-7-15-3/h4-10H2,1-3H3. The number of halogens is 1. The largest absolute Gasteiger partial charge is 0.385 e. The molecule has 0 fully saturated rings. The molecule has 0 aromatic carbocycles. The minimum atomic E-state index is -3.49. The Hall–Kier alpha value is 0.160. The summed E-state index contributed by atoms with van der Waals surface area (Å²) < 4.78 is 32.8. The molecule has 0 atom stereocenters. The van der Waals surface area contributed by atoms with Gasteiger partial charge in [-0.1, -0.05) is 13.8 Å². The van der Waals surface area contributed by atoms with Crippen LogP contribution in [0, 0.1) is 5.41 Å². The van der Waals surface area contributed by atoms with Crippen molar-refractivity contribution in [1.82, 2.24) is 0 Å². The zero-order valence-electron chi connectivity index (χ0n) is 10.9. The van der Waals surface area contributed by atoms with Gasteiger partial charge in [0.2, 0.25) is 9.05 Å². The second-order valence-corrected chi connectivity index (χ2v) is 7.07. The van der Waals surface area contributed by atoms with Crippen molar-refractivity contribution in [3.05, 3.63) is 0 Å². The molecule has 0 bridgehead atoms. The van der Waals surface area contributed by atoms with E-state index in [0.717, 1.165) is 19.3 Å². The Morgan fingerprint density at radius 3 is 2.18 bits per heavy atom. The van der Waals surface area contributed by atoms with Crippen molar-refractivity contribution >= 4 is 19.7 Å². The van der Waals surface area contributed by atoms with Crippen molar-refractivity contribution in [3.63, 3.8) is 0 Å². The van der Waals surface area contributed by atoms with E-state index in [0.29, 0.717) is 19.8 Å². The minimum Gasteiger partial charge on any atom is -0.385 e. The van der Waals surface area contributed by atoms with Crippen molar-refractivity contribution in [1.29, 1.82) is 0 Å². The molecule has 0 amide bonds. The fraction of sp³-hybridized carbons (Fsp3) is 1.00. The SMILES string of the molecule is CCC(CC)(COCCCOC)CS(=O)(=O)Cl. The van der Waals surface area contributed by atoms with Gasteiger partial charge in [-0.25, -0.2) is 8.42 Å². The highest BCUT2D eigenvalue weighted by Crippen LogP contribution is 2.30. The van der Waals surface area contributed by atoms with E-state index in [9.17, 15) is 8.42 Å². The Morgan fingerprint density at radius 2 is 1.76 bits per heavy atom. The lowest BCUT2D eigenvalue weighted by atomic mass is 9.85. The number of rotatable bonds is 10. The summed E-state index contributed by atoms with van der Waals surface area (Å²) in [5.41, 5.74) is -0.367. The van der Waals surface area contributed by atoms with Gasteiger partial charge in [0.1, 0.15) is 0 Å². The van der Waals surface area contributed by atoms with Gasteiger partial charge in [-0.3, -0.25) is 0 Å². The molecule has 104 valence electrons. The molecule has 0 saturated heterocycles. The highest BCUT2D eigenvalue weighted by molar-refractivity contribution is 8.13. The first-order chi connectivity index (χ1) is 7.89. The van der Waals surface area contributed by atoms with Gasteiger partial charge in [-0.15, -0.1) is 0 Å². The van der Waals surface area contributed by atoms with Crippen LogP contribution in [0.3, 0.4) is 0 Å². The third-order valence-corrected chi connectivity index (χ3v) is 4.31. The summed E-state index contributed by atoms with van der Waals surface area (Å²) in [6, 6.07) is 0. The third-order valence-electron chi connectivity index (χ3n) is 3.02. The second-order valence-electron chi connectivity index (χ2n) is 4.29. The lowest BCUT2D eigenvalue weighted by molar-refractivity contribution is 0.0391. The summed E-state index contributed by atoms with van der Waals surface area (Å²) in [5, 5.41) is 0. The van der Waals surface area contributed by atoms with Gasteiger partial charge in [0.25, 0.3) is 0 Å². The Kier molecular flexibility index (Phi) is 8.37. The Labute approximate surface area is 109 Å². The molecule has 6 heteroatoms. The molecular formula is C11H23ClO4S. The van der Waals surface area contributed by atoms with Crippen LogP contribution in [0.15, 0.2) is 0 Å². The Bertz CT molecular complexity index is 286.